The molecule has 1 fully saturated rings. The summed E-state index contributed by atoms with van der Waals surface area (Å²) in [5.41, 5.74) is -0.220. The summed E-state index contributed by atoms with van der Waals surface area (Å²) in [7, 11) is 0. The van der Waals surface area contributed by atoms with Gasteiger partial charge in [0.1, 0.15) is 28.7 Å². The Labute approximate surface area is 205 Å². The molecule has 1 amide bonds. The smallest absolute Gasteiger partial charge is 0.412 e. The number of carbonyl (C=O) groups is 2. The second-order valence-electron chi connectivity index (χ2n) is 7.43. The van der Waals surface area contributed by atoms with Crippen LogP contribution in [0.25, 0.3) is 11.4 Å². The predicted molar refractivity (Wildman–Crippen MR) is 121 cm³/mol. The third-order valence-electron chi connectivity index (χ3n) is 5.17. The molecule has 0 unspecified atom stereocenters. The molecule has 13 heteroatoms. The van der Waals surface area contributed by atoms with Crippen molar-refractivity contribution >= 4 is 52.3 Å². The number of benzene rings is 1. The molecule has 1 aliphatic rings. The van der Waals surface area contributed by atoms with E-state index in [4.69, 9.17) is 25.2 Å². The molecular weight excluding hydrogens is 498 g/mol. The van der Waals surface area contributed by atoms with Gasteiger partial charge in [-0.2, -0.15) is 19.6 Å². The molecule has 174 valence electrons. The molecule has 3 aromatic heterocycles. The van der Waals surface area contributed by atoms with Crippen LogP contribution in [0.1, 0.15) is 40.8 Å². The molecule has 4 aromatic rings. The number of amides is 1. The SMILES string of the molecule is N#Cc1snc(C#Cc2nc3nc(C4(C(=O)O)CC4)oc3o2)c1NC(=O)OCc1ccccc1Cl. The number of aliphatic carboxylic acids is 1. The number of nitriles is 1. The van der Waals surface area contributed by atoms with Crippen molar-refractivity contribution < 1.29 is 28.3 Å². The average Bonchev–Trinajstić information content (AvgIpc) is 3.23. The molecule has 5 rings (SSSR count). The van der Waals surface area contributed by atoms with Crippen molar-refractivity contribution in [1.29, 1.82) is 5.26 Å². The van der Waals surface area contributed by atoms with E-state index in [1.54, 1.807) is 24.3 Å². The van der Waals surface area contributed by atoms with Gasteiger partial charge >= 0.3 is 17.8 Å². The first kappa shape index (κ1) is 22.4. The summed E-state index contributed by atoms with van der Waals surface area (Å²) in [6.07, 6.45) is 0.0435. The van der Waals surface area contributed by atoms with E-state index >= 15 is 0 Å². The summed E-state index contributed by atoms with van der Waals surface area (Å²) in [6.45, 7) is -0.0699. The van der Waals surface area contributed by atoms with Crippen LogP contribution in [0.3, 0.4) is 0 Å². The Morgan fingerprint density at radius 2 is 2.06 bits per heavy atom. The monoisotopic (exact) mass is 509 g/mol. The van der Waals surface area contributed by atoms with Crippen molar-refractivity contribution in [1.82, 2.24) is 14.3 Å². The van der Waals surface area contributed by atoms with Gasteiger partial charge in [-0.1, -0.05) is 29.8 Å². The van der Waals surface area contributed by atoms with E-state index in [0.29, 0.717) is 23.4 Å². The van der Waals surface area contributed by atoms with Crippen LogP contribution in [0.15, 0.2) is 33.1 Å². The number of ether oxygens (including phenoxy) is 1. The molecule has 3 heterocycles. The van der Waals surface area contributed by atoms with Crippen LogP contribution in [0.2, 0.25) is 5.02 Å². The normalized spacial score (nSPS) is 13.5. The minimum atomic E-state index is -1.12. The zero-order valence-electron chi connectivity index (χ0n) is 17.5. The first-order valence-corrected chi connectivity index (χ1v) is 11.1. The number of hydrogen-bond acceptors (Lipinski definition) is 10. The number of rotatable bonds is 5. The summed E-state index contributed by atoms with van der Waals surface area (Å²) in [6, 6.07) is 8.85. The van der Waals surface area contributed by atoms with Crippen LogP contribution in [0, 0.1) is 23.2 Å². The number of nitrogens with zero attached hydrogens (tertiary/aromatic N) is 4. The number of nitrogens with one attached hydrogen (secondary N) is 1. The van der Waals surface area contributed by atoms with Crippen LogP contribution in [-0.4, -0.2) is 31.5 Å². The summed E-state index contributed by atoms with van der Waals surface area (Å²) in [5, 5.41) is 21.6. The number of aromatic nitrogens is 3. The number of oxazole rings is 2. The largest absolute Gasteiger partial charge is 0.480 e. The highest BCUT2D eigenvalue weighted by atomic mass is 35.5. The van der Waals surface area contributed by atoms with Crippen LogP contribution in [0.5, 0.6) is 0 Å². The zero-order chi connectivity index (χ0) is 24.6. The van der Waals surface area contributed by atoms with Gasteiger partial charge in [0, 0.05) is 16.5 Å². The first-order chi connectivity index (χ1) is 16.9. The van der Waals surface area contributed by atoms with Crippen molar-refractivity contribution in [3.63, 3.8) is 0 Å². The lowest BCUT2D eigenvalue weighted by atomic mass is 10.1. The highest BCUT2D eigenvalue weighted by molar-refractivity contribution is 7.07. The van der Waals surface area contributed by atoms with E-state index in [0.717, 1.165) is 11.5 Å². The highest BCUT2D eigenvalue weighted by Crippen LogP contribution is 2.48. The molecule has 0 saturated heterocycles. The van der Waals surface area contributed by atoms with Gasteiger partial charge < -0.3 is 18.7 Å². The quantitative estimate of drug-likeness (QED) is 0.374. The van der Waals surface area contributed by atoms with Gasteiger partial charge in [0.05, 0.1) is 0 Å². The summed E-state index contributed by atoms with van der Waals surface area (Å²) < 4.78 is 20.1. The number of anilines is 1. The predicted octanol–water partition coefficient (Wildman–Crippen LogP) is 4.06. The Morgan fingerprint density at radius 1 is 1.26 bits per heavy atom. The van der Waals surface area contributed by atoms with E-state index < -0.39 is 17.5 Å². The van der Waals surface area contributed by atoms with Crippen molar-refractivity contribution in [3.05, 3.63) is 57.2 Å². The number of fused-ring (bicyclic) bond motifs is 1. The minimum Gasteiger partial charge on any atom is -0.480 e. The third kappa shape index (κ3) is 4.28. The number of carbonyl (C=O) groups excluding carboxylic acids is 1. The fourth-order valence-electron chi connectivity index (χ4n) is 3.12. The summed E-state index contributed by atoms with van der Waals surface area (Å²) in [4.78, 5) is 32.0. The fourth-order valence-corrected chi connectivity index (χ4v) is 3.91. The molecule has 1 aliphatic carbocycles. The maximum Gasteiger partial charge on any atom is 0.412 e. The Bertz CT molecular complexity index is 1550. The molecule has 0 bridgehead atoms. The average molecular weight is 510 g/mol. The summed E-state index contributed by atoms with van der Waals surface area (Å²) in [5.74, 6) is 4.25. The Balaban J connectivity index is 1.32. The van der Waals surface area contributed by atoms with Crippen LogP contribution in [0.4, 0.5) is 10.5 Å². The molecule has 1 aromatic carbocycles. The molecule has 0 aliphatic heterocycles. The number of carboxylic acid groups (broad SMARTS) is 1. The molecule has 35 heavy (non-hydrogen) atoms. The van der Waals surface area contributed by atoms with E-state index in [1.165, 1.54) is 0 Å². The van der Waals surface area contributed by atoms with Crippen molar-refractivity contribution in [2.24, 2.45) is 0 Å². The molecule has 0 spiro atoms. The van der Waals surface area contributed by atoms with Gasteiger partial charge in [0.25, 0.3) is 5.89 Å². The molecular formula is C22H12ClN5O6S. The second kappa shape index (κ2) is 8.76. The molecule has 1 saturated carbocycles. The standard InChI is InChI=1S/C22H12ClN5O6S/c23-12-4-2-1-3-11(12)10-32-21(31)26-16-13(28-35-14(16)9-24)5-6-15-25-17-18(33-15)34-19(27-17)22(7-8-22)20(29)30/h1-4H,7-8,10H2,(H,26,31)(H,29,30). The number of hydrogen-bond donors (Lipinski definition) is 2. The van der Waals surface area contributed by atoms with Gasteiger partial charge in [-0.05, 0) is 36.4 Å². The Kier molecular flexibility index (Phi) is 5.61. The van der Waals surface area contributed by atoms with E-state index in [-0.39, 0.29) is 46.1 Å². The fraction of sp³-hybridized carbons (Fsp3) is 0.182. The van der Waals surface area contributed by atoms with Gasteiger partial charge in [-0.15, -0.1) is 0 Å². The lowest BCUT2D eigenvalue weighted by molar-refractivity contribution is -0.140. The third-order valence-corrected chi connectivity index (χ3v) is 6.29. The second-order valence-corrected chi connectivity index (χ2v) is 8.61. The number of halogens is 1. The molecule has 0 radical (unpaired) electrons. The van der Waals surface area contributed by atoms with Crippen molar-refractivity contribution in [3.8, 4) is 17.9 Å². The van der Waals surface area contributed by atoms with E-state index in [1.807, 2.05) is 6.07 Å². The molecule has 0 atom stereocenters. The van der Waals surface area contributed by atoms with Crippen LogP contribution < -0.4 is 5.32 Å². The first-order valence-electron chi connectivity index (χ1n) is 10.00. The number of carboxylic acids is 1. The maximum absolute atomic E-state index is 12.3. The molecule has 11 nitrogen and oxygen atoms in total. The van der Waals surface area contributed by atoms with Crippen molar-refractivity contribution in [2.45, 2.75) is 24.9 Å². The van der Waals surface area contributed by atoms with E-state index in [2.05, 4.69) is 31.5 Å². The maximum atomic E-state index is 12.3. The zero-order valence-corrected chi connectivity index (χ0v) is 19.1. The van der Waals surface area contributed by atoms with Gasteiger partial charge in [0.15, 0.2) is 5.69 Å². The Hall–Kier alpha value is -4.39. The summed E-state index contributed by atoms with van der Waals surface area (Å²) >= 11 is 6.91. The van der Waals surface area contributed by atoms with Crippen molar-refractivity contribution in [2.75, 3.05) is 5.32 Å². The van der Waals surface area contributed by atoms with Gasteiger partial charge in [-0.25, -0.2) is 4.79 Å². The lowest BCUT2D eigenvalue weighted by Crippen LogP contribution is -2.19. The molecule has 2 N–H and O–H groups in total. The van der Waals surface area contributed by atoms with Crippen LogP contribution in [-0.2, 0) is 21.6 Å². The Morgan fingerprint density at radius 3 is 2.74 bits per heavy atom. The van der Waals surface area contributed by atoms with Gasteiger partial charge in [-0.3, -0.25) is 10.1 Å². The minimum absolute atomic E-state index is 0.0469. The lowest BCUT2D eigenvalue weighted by Gasteiger charge is -2.07. The topological polar surface area (TPSA) is 164 Å². The van der Waals surface area contributed by atoms with E-state index in [9.17, 15) is 20.0 Å². The highest BCUT2D eigenvalue weighted by Gasteiger charge is 2.56. The van der Waals surface area contributed by atoms with Crippen LogP contribution >= 0.6 is 23.1 Å². The van der Waals surface area contributed by atoms with Gasteiger partial charge in [0.2, 0.25) is 11.5 Å².